The average Bonchev–Trinajstić information content (AvgIpc) is 2.56. The Morgan fingerprint density at radius 1 is 1.75 bits per heavy atom. The Hall–Kier alpha value is -1.10. The maximum absolute atomic E-state index is 10.9. The summed E-state index contributed by atoms with van der Waals surface area (Å²) in [6, 6.07) is -0.216. The molecule has 0 spiro atoms. The third kappa shape index (κ3) is 2.20. The summed E-state index contributed by atoms with van der Waals surface area (Å²) in [5.74, 6) is 0. The van der Waals surface area contributed by atoms with Crippen molar-refractivity contribution in [1.82, 2.24) is 15.6 Å². The van der Waals surface area contributed by atoms with E-state index in [1.54, 1.807) is 12.6 Å². The molecule has 2 amide bonds. The van der Waals surface area contributed by atoms with Crippen LogP contribution in [0.15, 0.2) is 10.9 Å². The summed E-state index contributed by atoms with van der Waals surface area (Å²) in [5, 5.41) is 7.13. The van der Waals surface area contributed by atoms with Gasteiger partial charge in [0.2, 0.25) is 0 Å². The van der Waals surface area contributed by atoms with Crippen LogP contribution in [0.3, 0.4) is 0 Å². The van der Waals surface area contributed by atoms with Gasteiger partial charge in [0.1, 0.15) is 0 Å². The van der Waals surface area contributed by atoms with Gasteiger partial charge >= 0.3 is 6.03 Å². The van der Waals surface area contributed by atoms with Gasteiger partial charge in [-0.2, -0.15) is 0 Å². The van der Waals surface area contributed by atoms with Crippen LogP contribution in [0.2, 0.25) is 0 Å². The number of hydrogen-bond acceptors (Lipinski definition) is 3. The molecule has 0 aliphatic carbocycles. The minimum atomic E-state index is -0.185. The normalized spacial score (nSPS) is 12.2. The van der Waals surface area contributed by atoms with Crippen LogP contribution in [0.25, 0.3) is 0 Å². The Labute approximate surface area is 75.0 Å². The maximum Gasteiger partial charge on any atom is 0.315 e. The van der Waals surface area contributed by atoms with Gasteiger partial charge in [-0.15, -0.1) is 11.3 Å². The Kier molecular flexibility index (Phi) is 3.04. The van der Waals surface area contributed by atoms with Gasteiger partial charge in [-0.1, -0.05) is 0 Å². The first-order valence-electron chi connectivity index (χ1n) is 3.60. The van der Waals surface area contributed by atoms with Gasteiger partial charge in [-0.25, -0.2) is 9.78 Å². The molecule has 0 radical (unpaired) electrons. The van der Waals surface area contributed by atoms with E-state index < -0.39 is 0 Å². The Balaban J connectivity index is 2.49. The van der Waals surface area contributed by atoms with Crippen molar-refractivity contribution in [2.75, 3.05) is 7.05 Å². The molecule has 0 aliphatic heterocycles. The number of nitrogens with zero attached hydrogens (tertiary/aromatic N) is 1. The molecule has 0 saturated heterocycles. The Morgan fingerprint density at radius 2 is 2.50 bits per heavy atom. The predicted molar refractivity (Wildman–Crippen MR) is 48.1 cm³/mol. The number of urea groups is 1. The van der Waals surface area contributed by atoms with Crippen molar-refractivity contribution < 1.29 is 4.79 Å². The maximum atomic E-state index is 10.9. The van der Waals surface area contributed by atoms with Crippen LogP contribution in [0, 0.1) is 0 Å². The zero-order chi connectivity index (χ0) is 8.97. The van der Waals surface area contributed by atoms with E-state index in [0.29, 0.717) is 0 Å². The molecule has 1 atom stereocenters. The van der Waals surface area contributed by atoms with E-state index in [2.05, 4.69) is 15.6 Å². The first-order chi connectivity index (χ1) is 5.74. The summed E-state index contributed by atoms with van der Waals surface area (Å²) in [4.78, 5) is 15.0. The van der Waals surface area contributed by atoms with Gasteiger partial charge in [-0.3, -0.25) is 0 Å². The SMILES string of the molecule is CNC(=O)NC(C)c1cscn1. The molecular formula is C7H11N3OS. The van der Waals surface area contributed by atoms with E-state index in [-0.39, 0.29) is 12.1 Å². The molecule has 0 aromatic carbocycles. The van der Waals surface area contributed by atoms with E-state index in [1.165, 1.54) is 11.3 Å². The predicted octanol–water partition coefficient (Wildman–Crippen LogP) is 1.13. The standard InChI is InChI=1S/C7H11N3OS/c1-5(10-7(11)8-2)6-3-12-4-9-6/h3-5H,1-2H3,(H2,8,10,11). The fourth-order valence-corrected chi connectivity index (χ4v) is 1.43. The second-order valence-corrected chi connectivity index (χ2v) is 3.08. The summed E-state index contributed by atoms with van der Waals surface area (Å²) < 4.78 is 0. The van der Waals surface area contributed by atoms with Gasteiger partial charge in [-0.05, 0) is 6.92 Å². The molecule has 4 nitrogen and oxygen atoms in total. The fourth-order valence-electron chi connectivity index (χ4n) is 0.778. The van der Waals surface area contributed by atoms with Gasteiger partial charge in [0.15, 0.2) is 0 Å². The van der Waals surface area contributed by atoms with Crippen molar-refractivity contribution in [3.8, 4) is 0 Å². The van der Waals surface area contributed by atoms with E-state index in [9.17, 15) is 4.79 Å². The third-order valence-electron chi connectivity index (χ3n) is 1.47. The molecule has 0 bridgehead atoms. The van der Waals surface area contributed by atoms with Crippen LogP contribution in [0.4, 0.5) is 4.79 Å². The monoisotopic (exact) mass is 185 g/mol. The van der Waals surface area contributed by atoms with Crippen molar-refractivity contribution in [3.05, 3.63) is 16.6 Å². The van der Waals surface area contributed by atoms with Gasteiger partial charge in [0, 0.05) is 12.4 Å². The molecule has 1 aromatic heterocycles. The van der Waals surface area contributed by atoms with Gasteiger partial charge < -0.3 is 10.6 Å². The first-order valence-corrected chi connectivity index (χ1v) is 4.54. The highest BCUT2D eigenvalue weighted by molar-refractivity contribution is 7.07. The summed E-state index contributed by atoms with van der Waals surface area (Å²) in [7, 11) is 1.59. The van der Waals surface area contributed by atoms with Crippen LogP contribution >= 0.6 is 11.3 Å². The number of aromatic nitrogens is 1. The minimum absolute atomic E-state index is 0.0313. The number of thiazole rings is 1. The molecule has 12 heavy (non-hydrogen) atoms. The number of amides is 2. The van der Waals surface area contributed by atoms with Crippen molar-refractivity contribution in [2.45, 2.75) is 13.0 Å². The zero-order valence-corrected chi connectivity index (χ0v) is 7.81. The number of carbonyl (C=O) groups excluding carboxylic acids is 1. The number of rotatable bonds is 2. The lowest BCUT2D eigenvalue weighted by atomic mass is 10.3. The summed E-state index contributed by atoms with van der Waals surface area (Å²) in [6.07, 6.45) is 0. The molecule has 5 heteroatoms. The second-order valence-electron chi connectivity index (χ2n) is 2.36. The van der Waals surface area contributed by atoms with Crippen molar-refractivity contribution in [1.29, 1.82) is 0 Å². The van der Waals surface area contributed by atoms with E-state index in [1.807, 2.05) is 12.3 Å². The molecule has 0 aliphatic rings. The van der Waals surface area contributed by atoms with E-state index in [0.717, 1.165) is 5.69 Å². The average molecular weight is 185 g/mol. The minimum Gasteiger partial charge on any atom is -0.341 e. The van der Waals surface area contributed by atoms with Crippen LogP contribution in [-0.4, -0.2) is 18.1 Å². The molecule has 1 heterocycles. The summed E-state index contributed by atoms with van der Waals surface area (Å²) in [5.41, 5.74) is 2.64. The van der Waals surface area contributed by atoms with Crippen molar-refractivity contribution >= 4 is 17.4 Å². The number of nitrogens with one attached hydrogen (secondary N) is 2. The number of carbonyl (C=O) groups is 1. The van der Waals surface area contributed by atoms with Gasteiger partial charge in [0.05, 0.1) is 17.2 Å². The number of hydrogen-bond donors (Lipinski definition) is 2. The highest BCUT2D eigenvalue weighted by Crippen LogP contribution is 2.10. The van der Waals surface area contributed by atoms with Gasteiger partial charge in [0.25, 0.3) is 0 Å². The molecule has 2 N–H and O–H groups in total. The van der Waals surface area contributed by atoms with E-state index >= 15 is 0 Å². The quantitative estimate of drug-likeness (QED) is 0.725. The third-order valence-corrected chi connectivity index (χ3v) is 2.07. The smallest absolute Gasteiger partial charge is 0.315 e. The van der Waals surface area contributed by atoms with Crippen molar-refractivity contribution in [3.63, 3.8) is 0 Å². The zero-order valence-electron chi connectivity index (χ0n) is 7.00. The molecule has 1 unspecified atom stereocenters. The van der Waals surface area contributed by atoms with Crippen LogP contribution in [0.5, 0.6) is 0 Å². The first kappa shape index (κ1) is 8.99. The fraction of sp³-hybridized carbons (Fsp3) is 0.429. The highest BCUT2D eigenvalue weighted by atomic mass is 32.1. The second kappa shape index (κ2) is 4.06. The molecule has 1 aromatic rings. The lowest BCUT2D eigenvalue weighted by Crippen LogP contribution is -2.34. The lowest BCUT2D eigenvalue weighted by molar-refractivity contribution is 0.240. The largest absolute Gasteiger partial charge is 0.341 e. The summed E-state index contributed by atoms with van der Waals surface area (Å²) >= 11 is 1.52. The van der Waals surface area contributed by atoms with Crippen molar-refractivity contribution in [2.24, 2.45) is 0 Å². The molecule has 1 rings (SSSR count). The topological polar surface area (TPSA) is 54.0 Å². The van der Waals surface area contributed by atoms with Crippen LogP contribution in [0.1, 0.15) is 18.7 Å². The van der Waals surface area contributed by atoms with E-state index in [4.69, 9.17) is 0 Å². The Bertz CT molecular complexity index is 247. The highest BCUT2D eigenvalue weighted by Gasteiger charge is 2.08. The molecule has 66 valence electrons. The summed E-state index contributed by atoms with van der Waals surface area (Å²) in [6.45, 7) is 1.89. The van der Waals surface area contributed by atoms with Crippen LogP contribution < -0.4 is 10.6 Å². The Morgan fingerprint density at radius 3 is 3.00 bits per heavy atom. The molecular weight excluding hydrogens is 174 g/mol. The van der Waals surface area contributed by atoms with Crippen LogP contribution in [-0.2, 0) is 0 Å². The lowest BCUT2D eigenvalue weighted by Gasteiger charge is -2.10. The molecule has 0 saturated carbocycles. The molecule has 0 fully saturated rings.